The molecule has 2 N–H and O–H groups in total. The summed E-state index contributed by atoms with van der Waals surface area (Å²) < 4.78 is 0. The number of hydrogen-bond acceptors (Lipinski definition) is 2. The van der Waals surface area contributed by atoms with Crippen molar-refractivity contribution in [2.24, 2.45) is 11.3 Å². The van der Waals surface area contributed by atoms with Crippen LogP contribution in [0.2, 0.25) is 0 Å². The lowest BCUT2D eigenvalue weighted by molar-refractivity contribution is -0.139. The summed E-state index contributed by atoms with van der Waals surface area (Å²) >= 11 is 0. The molecule has 0 unspecified atom stereocenters. The molecule has 4 heteroatoms. The minimum absolute atomic E-state index is 0.122. The quantitative estimate of drug-likeness (QED) is 0.795. The molecule has 0 aliphatic heterocycles. The molecule has 1 aromatic carbocycles. The number of carbonyl (C=O) groups is 2. The first-order valence-corrected chi connectivity index (χ1v) is 9.84. The number of nitrogens with one attached hydrogen (secondary N) is 2. The van der Waals surface area contributed by atoms with Crippen LogP contribution in [0.3, 0.4) is 0 Å². The van der Waals surface area contributed by atoms with Gasteiger partial charge in [-0.15, -0.1) is 0 Å². The fourth-order valence-corrected chi connectivity index (χ4v) is 3.64. The maximum Gasteiger partial charge on any atom is 0.309 e. The summed E-state index contributed by atoms with van der Waals surface area (Å²) in [6.45, 7) is 11.5. The topological polar surface area (TPSA) is 58.2 Å². The largest absolute Gasteiger partial charge is 0.345 e. The Bertz CT molecular complexity index is 606. The Morgan fingerprint density at radius 2 is 1.58 bits per heavy atom. The van der Waals surface area contributed by atoms with Gasteiger partial charge in [0.05, 0.1) is 0 Å². The van der Waals surface area contributed by atoms with Crippen LogP contribution >= 0.6 is 0 Å². The van der Waals surface area contributed by atoms with Gasteiger partial charge >= 0.3 is 11.8 Å². The molecule has 2 amide bonds. The van der Waals surface area contributed by atoms with Crippen molar-refractivity contribution in [3.63, 3.8) is 0 Å². The number of carbonyl (C=O) groups excluding carboxylic acids is 2. The number of rotatable bonds is 4. The lowest BCUT2D eigenvalue weighted by Crippen LogP contribution is -2.46. The Morgan fingerprint density at radius 1 is 1.00 bits per heavy atom. The van der Waals surface area contributed by atoms with Gasteiger partial charge in [0.1, 0.15) is 0 Å². The minimum atomic E-state index is -0.545. The zero-order valence-corrected chi connectivity index (χ0v) is 16.9. The lowest BCUT2D eigenvalue weighted by atomic mass is 9.71. The Morgan fingerprint density at radius 3 is 2.08 bits per heavy atom. The molecule has 1 aliphatic carbocycles. The fourth-order valence-electron chi connectivity index (χ4n) is 3.64. The zero-order chi connectivity index (χ0) is 19.3. The summed E-state index contributed by atoms with van der Waals surface area (Å²) in [6.07, 6.45) is 4.13. The van der Waals surface area contributed by atoms with E-state index in [2.05, 4.69) is 57.4 Å². The second-order valence-electron chi connectivity index (χ2n) is 8.97. The van der Waals surface area contributed by atoms with Crippen molar-refractivity contribution in [2.75, 3.05) is 0 Å². The third kappa shape index (κ3) is 5.86. The van der Waals surface area contributed by atoms with Gasteiger partial charge in [-0.2, -0.15) is 0 Å². The highest BCUT2D eigenvalue weighted by molar-refractivity contribution is 6.35. The van der Waals surface area contributed by atoms with Gasteiger partial charge in [0.15, 0.2) is 0 Å². The van der Waals surface area contributed by atoms with Crippen LogP contribution in [0.15, 0.2) is 24.3 Å². The van der Waals surface area contributed by atoms with Crippen LogP contribution in [-0.4, -0.2) is 17.9 Å². The molecule has 1 fully saturated rings. The first-order chi connectivity index (χ1) is 12.2. The van der Waals surface area contributed by atoms with Gasteiger partial charge in [0.25, 0.3) is 0 Å². The van der Waals surface area contributed by atoms with Crippen molar-refractivity contribution in [3.8, 4) is 0 Å². The summed E-state index contributed by atoms with van der Waals surface area (Å²) in [5.41, 5.74) is 2.59. The first-order valence-electron chi connectivity index (χ1n) is 9.84. The van der Waals surface area contributed by atoms with Crippen molar-refractivity contribution in [3.05, 3.63) is 35.4 Å². The van der Waals surface area contributed by atoms with E-state index in [1.165, 1.54) is 5.56 Å². The fraction of sp³-hybridized carbons (Fsp3) is 0.636. The molecule has 4 nitrogen and oxygen atoms in total. The third-order valence-corrected chi connectivity index (χ3v) is 5.59. The Hall–Kier alpha value is -1.84. The van der Waals surface area contributed by atoms with Crippen molar-refractivity contribution in [1.29, 1.82) is 0 Å². The summed E-state index contributed by atoms with van der Waals surface area (Å²) in [4.78, 5) is 24.2. The average Bonchev–Trinajstić information content (AvgIpc) is 2.59. The predicted octanol–water partition coefficient (Wildman–Crippen LogP) is 4.15. The molecule has 0 bridgehead atoms. The van der Waals surface area contributed by atoms with Crippen LogP contribution in [0.4, 0.5) is 0 Å². The SMILES string of the molecule is CC(C)c1ccc(CNC(=O)C(=O)NC2CCC(C(C)(C)C)CC2)cc1. The molecular weight excluding hydrogens is 324 g/mol. The number of benzene rings is 1. The Kier molecular flexibility index (Phi) is 6.85. The number of amides is 2. The van der Waals surface area contributed by atoms with Crippen molar-refractivity contribution >= 4 is 11.8 Å². The molecule has 1 saturated carbocycles. The second-order valence-corrected chi connectivity index (χ2v) is 8.97. The lowest BCUT2D eigenvalue weighted by Gasteiger charge is -2.37. The highest BCUT2D eigenvalue weighted by atomic mass is 16.2. The first kappa shape index (κ1) is 20.5. The molecule has 1 aromatic rings. The second kappa shape index (κ2) is 8.70. The Balaban J connectivity index is 1.75. The van der Waals surface area contributed by atoms with Crippen LogP contribution in [0.1, 0.15) is 77.3 Å². The summed E-state index contributed by atoms with van der Waals surface area (Å²) in [6, 6.07) is 8.26. The maximum absolute atomic E-state index is 12.1. The highest BCUT2D eigenvalue weighted by Gasteiger charge is 2.30. The molecule has 2 rings (SSSR count). The monoisotopic (exact) mass is 358 g/mol. The van der Waals surface area contributed by atoms with E-state index in [4.69, 9.17) is 0 Å². The summed E-state index contributed by atoms with van der Waals surface area (Å²) in [5.74, 6) is 0.120. The minimum Gasteiger partial charge on any atom is -0.345 e. The molecule has 26 heavy (non-hydrogen) atoms. The summed E-state index contributed by atoms with van der Waals surface area (Å²) in [5, 5.41) is 5.62. The van der Waals surface area contributed by atoms with Crippen LogP contribution in [0, 0.1) is 11.3 Å². The Labute approximate surface area is 158 Å². The van der Waals surface area contributed by atoms with Gasteiger partial charge in [-0.25, -0.2) is 0 Å². The normalized spacial score (nSPS) is 20.7. The molecule has 144 valence electrons. The smallest absolute Gasteiger partial charge is 0.309 e. The van der Waals surface area contributed by atoms with E-state index in [1.807, 2.05) is 12.1 Å². The number of hydrogen-bond donors (Lipinski definition) is 2. The highest BCUT2D eigenvalue weighted by Crippen LogP contribution is 2.37. The van der Waals surface area contributed by atoms with Crippen LogP contribution in [0.5, 0.6) is 0 Å². The standard InChI is InChI=1S/C22H34N2O2/c1-15(2)17-8-6-16(7-9-17)14-23-20(25)21(26)24-19-12-10-18(11-13-19)22(3,4)5/h6-9,15,18-19H,10-14H2,1-5H3,(H,23,25)(H,24,26). The van der Waals surface area contributed by atoms with Crippen LogP contribution < -0.4 is 10.6 Å². The van der Waals surface area contributed by atoms with E-state index in [9.17, 15) is 9.59 Å². The van der Waals surface area contributed by atoms with E-state index in [1.54, 1.807) is 0 Å². The molecule has 0 aromatic heterocycles. The molecule has 0 saturated heterocycles. The third-order valence-electron chi connectivity index (χ3n) is 5.59. The predicted molar refractivity (Wildman–Crippen MR) is 106 cm³/mol. The van der Waals surface area contributed by atoms with Crippen molar-refractivity contribution in [2.45, 2.75) is 78.8 Å². The maximum atomic E-state index is 12.1. The van der Waals surface area contributed by atoms with Gasteiger partial charge in [-0.3, -0.25) is 9.59 Å². The molecule has 0 spiro atoms. The van der Waals surface area contributed by atoms with Crippen LogP contribution in [-0.2, 0) is 16.1 Å². The van der Waals surface area contributed by atoms with E-state index >= 15 is 0 Å². The van der Waals surface area contributed by atoms with Gasteiger partial charge in [0.2, 0.25) is 0 Å². The van der Waals surface area contributed by atoms with Crippen LogP contribution in [0.25, 0.3) is 0 Å². The summed E-state index contributed by atoms with van der Waals surface area (Å²) in [7, 11) is 0. The van der Waals surface area contributed by atoms with Crippen molar-refractivity contribution < 1.29 is 9.59 Å². The van der Waals surface area contributed by atoms with E-state index < -0.39 is 11.8 Å². The zero-order valence-electron chi connectivity index (χ0n) is 16.9. The van der Waals surface area contributed by atoms with Gasteiger partial charge in [-0.1, -0.05) is 58.9 Å². The molecule has 0 radical (unpaired) electrons. The van der Waals surface area contributed by atoms with E-state index in [0.29, 0.717) is 23.8 Å². The van der Waals surface area contributed by atoms with E-state index in [-0.39, 0.29) is 6.04 Å². The van der Waals surface area contributed by atoms with Gasteiger partial charge < -0.3 is 10.6 Å². The van der Waals surface area contributed by atoms with Gasteiger partial charge in [-0.05, 0) is 54.1 Å². The molecule has 0 heterocycles. The average molecular weight is 359 g/mol. The molecule has 1 aliphatic rings. The molecular formula is C22H34N2O2. The van der Waals surface area contributed by atoms with Crippen molar-refractivity contribution in [1.82, 2.24) is 10.6 Å². The molecule has 0 atom stereocenters. The van der Waals surface area contributed by atoms with E-state index in [0.717, 1.165) is 31.2 Å². The van der Waals surface area contributed by atoms with Gasteiger partial charge in [0, 0.05) is 12.6 Å².